The molecule has 0 bridgehead atoms. The number of unbranched alkanes of at least 4 members (excludes halogenated alkanes) is 4. The summed E-state index contributed by atoms with van der Waals surface area (Å²) in [5.74, 6) is 0. The van der Waals surface area contributed by atoms with Crippen LogP contribution in [-0.2, 0) is 9.47 Å². The molecule has 0 atom stereocenters. The molecule has 0 rings (SSSR count). The molecular weight excluding hydrogens is 228 g/mol. The third-order valence-corrected chi connectivity index (χ3v) is 2.38. The molecule has 3 nitrogen and oxygen atoms in total. The van der Waals surface area contributed by atoms with Gasteiger partial charge in [-0.05, 0) is 12.8 Å². The highest BCUT2D eigenvalue weighted by Crippen LogP contribution is 1.96. The van der Waals surface area contributed by atoms with Gasteiger partial charge in [0.25, 0.3) is 0 Å². The van der Waals surface area contributed by atoms with Crippen molar-refractivity contribution in [3.05, 3.63) is 24.3 Å². The molecular formula is C15H26O3. The molecule has 0 unspecified atom stereocenters. The molecule has 0 aliphatic rings. The Hall–Kier alpha value is -1.25. The number of ether oxygens (including phenoxy) is 2. The Labute approximate surface area is 111 Å². The van der Waals surface area contributed by atoms with Gasteiger partial charge in [0.2, 0.25) is 0 Å². The van der Waals surface area contributed by atoms with Crippen LogP contribution in [0.4, 0.5) is 4.79 Å². The van der Waals surface area contributed by atoms with Crippen molar-refractivity contribution < 1.29 is 14.3 Å². The fourth-order valence-electron chi connectivity index (χ4n) is 1.29. The van der Waals surface area contributed by atoms with Crippen LogP contribution in [0.3, 0.4) is 0 Å². The third-order valence-electron chi connectivity index (χ3n) is 2.38. The topological polar surface area (TPSA) is 35.5 Å². The van der Waals surface area contributed by atoms with Crippen molar-refractivity contribution in [3.63, 3.8) is 0 Å². The van der Waals surface area contributed by atoms with Crippen LogP contribution in [0, 0.1) is 0 Å². The van der Waals surface area contributed by atoms with Crippen LogP contribution in [0.1, 0.15) is 52.4 Å². The normalized spacial score (nSPS) is 11.2. The van der Waals surface area contributed by atoms with Gasteiger partial charge in [0, 0.05) is 0 Å². The van der Waals surface area contributed by atoms with Gasteiger partial charge >= 0.3 is 6.16 Å². The highest BCUT2D eigenvalue weighted by Gasteiger charge is 1.99. The first-order chi connectivity index (χ1) is 8.81. The Morgan fingerprint density at radius 1 is 0.833 bits per heavy atom. The third kappa shape index (κ3) is 12.8. The summed E-state index contributed by atoms with van der Waals surface area (Å²) in [6.45, 7) is 4.88. The Bertz CT molecular complexity index is 220. The summed E-state index contributed by atoms with van der Waals surface area (Å²) in [7, 11) is 0. The highest BCUT2D eigenvalue weighted by atomic mass is 16.7. The lowest BCUT2D eigenvalue weighted by atomic mass is 10.2. The zero-order valence-electron chi connectivity index (χ0n) is 11.7. The standard InChI is InChI=1S/C15H26O3/c1-3-5-7-9-11-13-17-15(16)18-14-12-10-8-6-4-2/h9-12H,3-8,13-14H2,1-2H3. The number of carbonyl (C=O) groups excluding carboxylic acids is 1. The second kappa shape index (κ2) is 13.8. The molecule has 0 fully saturated rings. The fraction of sp³-hybridized carbons (Fsp3) is 0.667. The van der Waals surface area contributed by atoms with E-state index in [1.165, 1.54) is 25.7 Å². The summed E-state index contributed by atoms with van der Waals surface area (Å²) in [6.07, 6.45) is 13.9. The minimum atomic E-state index is -0.602. The number of allylic oxidation sites excluding steroid dienone is 2. The van der Waals surface area contributed by atoms with Gasteiger partial charge in [-0.3, -0.25) is 0 Å². The molecule has 0 amide bonds. The Kier molecular flexibility index (Phi) is 12.9. The molecule has 0 aromatic carbocycles. The van der Waals surface area contributed by atoms with Crippen LogP contribution >= 0.6 is 0 Å². The first-order valence-electron chi connectivity index (χ1n) is 6.90. The molecule has 0 heterocycles. The van der Waals surface area contributed by atoms with E-state index in [4.69, 9.17) is 9.47 Å². The quantitative estimate of drug-likeness (QED) is 0.324. The lowest BCUT2D eigenvalue weighted by Crippen LogP contribution is -2.07. The van der Waals surface area contributed by atoms with E-state index in [0.717, 1.165) is 12.8 Å². The Morgan fingerprint density at radius 3 is 1.67 bits per heavy atom. The van der Waals surface area contributed by atoms with Crippen LogP contribution in [0.25, 0.3) is 0 Å². The second-order valence-corrected chi connectivity index (χ2v) is 4.10. The molecule has 0 saturated carbocycles. The summed E-state index contributed by atoms with van der Waals surface area (Å²) < 4.78 is 9.74. The molecule has 0 N–H and O–H groups in total. The van der Waals surface area contributed by atoms with Crippen LogP contribution in [0.2, 0.25) is 0 Å². The number of carbonyl (C=O) groups is 1. The molecule has 3 heteroatoms. The van der Waals surface area contributed by atoms with E-state index in [9.17, 15) is 4.79 Å². The maximum absolute atomic E-state index is 11.1. The summed E-state index contributed by atoms with van der Waals surface area (Å²) >= 11 is 0. The molecule has 18 heavy (non-hydrogen) atoms. The molecule has 0 saturated heterocycles. The maximum atomic E-state index is 11.1. The second-order valence-electron chi connectivity index (χ2n) is 4.10. The van der Waals surface area contributed by atoms with Gasteiger partial charge in [0.15, 0.2) is 0 Å². The van der Waals surface area contributed by atoms with E-state index < -0.39 is 6.16 Å². The van der Waals surface area contributed by atoms with Crippen molar-refractivity contribution in [2.24, 2.45) is 0 Å². The molecule has 0 aliphatic carbocycles. The predicted octanol–water partition coefficient (Wildman–Crippen LogP) is 4.63. The first kappa shape index (κ1) is 16.8. The van der Waals surface area contributed by atoms with Gasteiger partial charge in [0.1, 0.15) is 13.2 Å². The van der Waals surface area contributed by atoms with Gasteiger partial charge in [-0.25, -0.2) is 4.79 Å². The van der Waals surface area contributed by atoms with E-state index in [1.807, 2.05) is 24.3 Å². The minimum absolute atomic E-state index is 0.294. The predicted molar refractivity (Wildman–Crippen MR) is 74.6 cm³/mol. The summed E-state index contributed by atoms with van der Waals surface area (Å²) in [5.41, 5.74) is 0. The first-order valence-corrected chi connectivity index (χ1v) is 6.90. The molecule has 0 aromatic rings. The van der Waals surface area contributed by atoms with Gasteiger partial charge in [-0.1, -0.05) is 63.8 Å². The fourth-order valence-corrected chi connectivity index (χ4v) is 1.29. The zero-order valence-corrected chi connectivity index (χ0v) is 11.7. The van der Waals surface area contributed by atoms with Crippen molar-refractivity contribution in [1.29, 1.82) is 0 Å². The van der Waals surface area contributed by atoms with E-state index >= 15 is 0 Å². The van der Waals surface area contributed by atoms with E-state index in [0.29, 0.717) is 13.2 Å². The van der Waals surface area contributed by atoms with Gasteiger partial charge in [-0.2, -0.15) is 0 Å². The van der Waals surface area contributed by atoms with E-state index in [-0.39, 0.29) is 0 Å². The van der Waals surface area contributed by atoms with Gasteiger partial charge < -0.3 is 9.47 Å². The number of hydrogen-bond acceptors (Lipinski definition) is 3. The molecule has 0 aromatic heterocycles. The smallest absolute Gasteiger partial charge is 0.430 e. The number of hydrogen-bond donors (Lipinski definition) is 0. The number of rotatable bonds is 10. The molecule has 0 radical (unpaired) electrons. The van der Waals surface area contributed by atoms with Crippen LogP contribution < -0.4 is 0 Å². The van der Waals surface area contributed by atoms with Crippen molar-refractivity contribution in [1.82, 2.24) is 0 Å². The van der Waals surface area contributed by atoms with Crippen LogP contribution in [-0.4, -0.2) is 19.4 Å². The average Bonchev–Trinajstić information content (AvgIpc) is 2.38. The van der Waals surface area contributed by atoms with E-state index in [2.05, 4.69) is 13.8 Å². The van der Waals surface area contributed by atoms with Crippen molar-refractivity contribution >= 4 is 6.16 Å². The largest absolute Gasteiger partial charge is 0.508 e. The zero-order chi connectivity index (χ0) is 13.5. The Morgan fingerprint density at radius 2 is 1.28 bits per heavy atom. The van der Waals surface area contributed by atoms with Crippen molar-refractivity contribution in [2.45, 2.75) is 52.4 Å². The van der Waals surface area contributed by atoms with Crippen molar-refractivity contribution in [2.75, 3.05) is 13.2 Å². The molecule has 0 spiro atoms. The van der Waals surface area contributed by atoms with E-state index in [1.54, 1.807) is 0 Å². The van der Waals surface area contributed by atoms with Crippen LogP contribution in [0.5, 0.6) is 0 Å². The lowest BCUT2D eigenvalue weighted by Gasteiger charge is -2.01. The molecule has 0 aliphatic heterocycles. The monoisotopic (exact) mass is 254 g/mol. The van der Waals surface area contributed by atoms with Crippen LogP contribution in [0.15, 0.2) is 24.3 Å². The van der Waals surface area contributed by atoms with Crippen molar-refractivity contribution in [3.8, 4) is 0 Å². The lowest BCUT2D eigenvalue weighted by molar-refractivity contribution is 0.0717. The summed E-state index contributed by atoms with van der Waals surface area (Å²) in [5, 5.41) is 0. The minimum Gasteiger partial charge on any atom is -0.430 e. The SMILES string of the molecule is CCCCC=CCOC(=O)OCC=CCCCC. The summed E-state index contributed by atoms with van der Waals surface area (Å²) in [6, 6.07) is 0. The van der Waals surface area contributed by atoms with Gasteiger partial charge in [0.05, 0.1) is 0 Å². The average molecular weight is 254 g/mol. The maximum Gasteiger partial charge on any atom is 0.508 e. The summed E-state index contributed by atoms with van der Waals surface area (Å²) in [4.78, 5) is 11.1. The highest BCUT2D eigenvalue weighted by molar-refractivity contribution is 5.60. The van der Waals surface area contributed by atoms with Gasteiger partial charge in [-0.15, -0.1) is 0 Å². The molecule has 104 valence electrons. The Balaban J connectivity index is 3.37.